The summed E-state index contributed by atoms with van der Waals surface area (Å²) in [5.74, 6) is 0. The van der Waals surface area contributed by atoms with E-state index in [1.165, 1.54) is 0 Å². The van der Waals surface area contributed by atoms with Gasteiger partial charge >= 0.3 is 5.69 Å². The zero-order chi connectivity index (χ0) is 15.6. The number of benzene rings is 2. The number of hydrogen-bond donors (Lipinski definition) is 2. The first kappa shape index (κ1) is 12.2. The topological polar surface area (TPSA) is 70.1 Å². The standard InChI is InChI=1S/C18H11N3O2/c22-17-15-13(19-18(23)20-17)9-21-14-8-4-3-6-11(14)10-5-1-2-7-12(10)16(15)21/h1-9H,(H2,19,20,22,23). The van der Waals surface area contributed by atoms with Gasteiger partial charge < -0.3 is 9.38 Å². The second kappa shape index (κ2) is 4.10. The number of rotatable bonds is 0. The highest BCUT2D eigenvalue weighted by atomic mass is 16.2. The van der Waals surface area contributed by atoms with E-state index < -0.39 is 5.69 Å². The minimum Gasteiger partial charge on any atom is -0.313 e. The Labute approximate surface area is 128 Å². The number of aromatic nitrogens is 3. The van der Waals surface area contributed by atoms with Gasteiger partial charge in [-0.15, -0.1) is 0 Å². The molecule has 5 rings (SSSR count). The van der Waals surface area contributed by atoms with E-state index in [0.717, 1.165) is 27.2 Å². The van der Waals surface area contributed by atoms with Crippen LogP contribution in [-0.4, -0.2) is 14.4 Å². The van der Waals surface area contributed by atoms with Crippen LogP contribution in [0, 0.1) is 0 Å². The highest BCUT2D eigenvalue weighted by Crippen LogP contribution is 2.32. The lowest BCUT2D eigenvalue weighted by molar-refractivity contribution is 1.08. The van der Waals surface area contributed by atoms with E-state index >= 15 is 0 Å². The third kappa shape index (κ3) is 1.51. The van der Waals surface area contributed by atoms with Gasteiger partial charge in [0.25, 0.3) is 5.56 Å². The van der Waals surface area contributed by atoms with E-state index in [9.17, 15) is 9.59 Å². The van der Waals surface area contributed by atoms with Crippen LogP contribution in [0.3, 0.4) is 0 Å². The Bertz CT molecular complexity index is 1360. The fourth-order valence-corrected chi connectivity index (χ4v) is 3.44. The maximum atomic E-state index is 12.4. The van der Waals surface area contributed by atoms with E-state index in [1.54, 1.807) is 0 Å². The summed E-state index contributed by atoms with van der Waals surface area (Å²) in [6.07, 6.45) is 1.82. The van der Waals surface area contributed by atoms with Crippen molar-refractivity contribution in [2.75, 3.05) is 0 Å². The van der Waals surface area contributed by atoms with Gasteiger partial charge in [-0.05, 0) is 11.5 Å². The molecule has 0 aliphatic heterocycles. The Morgan fingerprint density at radius 2 is 1.48 bits per heavy atom. The monoisotopic (exact) mass is 301 g/mol. The van der Waals surface area contributed by atoms with Crippen LogP contribution in [-0.2, 0) is 0 Å². The molecule has 0 unspecified atom stereocenters. The predicted octanol–water partition coefficient (Wildman–Crippen LogP) is 2.78. The number of aromatic amines is 2. The zero-order valence-corrected chi connectivity index (χ0v) is 12.0. The highest BCUT2D eigenvalue weighted by Gasteiger charge is 2.14. The van der Waals surface area contributed by atoms with Crippen LogP contribution in [0.1, 0.15) is 0 Å². The number of para-hydroxylation sites is 1. The Morgan fingerprint density at radius 3 is 2.30 bits per heavy atom. The molecule has 0 spiro atoms. The van der Waals surface area contributed by atoms with Gasteiger partial charge in [-0.25, -0.2) is 4.79 Å². The van der Waals surface area contributed by atoms with Gasteiger partial charge in [-0.3, -0.25) is 9.78 Å². The van der Waals surface area contributed by atoms with Gasteiger partial charge in [0.1, 0.15) is 0 Å². The van der Waals surface area contributed by atoms with Crippen molar-refractivity contribution >= 4 is 38.1 Å². The first-order chi connectivity index (χ1) is 11.2. The molecule has 0 aliphatic carbocycles. The largest absolute Gasteiger partial charge is 0.326 e. The minimum atomic E-state index is -0.494. The van der Waals surface area contributed by atoms with E-state index in [1.807, 2.05) is 47.0 Å². The quantitative estimate of drug-likeness (QED) is 0.432. The number of nitrogens with one attached hydrogen (secondary N) is 2. The average Bonchev–Trinajstić information content (AvgIpc) is 2.95. The lowest BCUT2D eigenvalue weighted by Gasteiger charge is -2.08. The summed E-state index contributed by atoms with van der Waals surface area (Å²) >= 11 is 0. The van der Waals surface area contributed by atoms with Crippen LogP contribution in [0.15, 0.2) is 64.3 Å². The van der Waals surface area contributed by atoms with E-state index in [4.69, 9.17) is 0 Å². The third-order valence-electron chi connectivity index (χ3n) is 4.34. The Hall–Kier alpha value is -3.34. The lowest BCUT2D eigenvalue weighted by atomic mass is 10.0. The SMILES string of the molecule is O=c1[nH]c(=O)c2c(cn3c4ccccc4c4ccccc4c23)[nH]1. The van der Waals surface area contributed by atoms with Crippen molar-refractivity contribution < 1.29 is 0 Å². The molecule has 0 bridgehead atoms. The van der Waals surface area contributed by atoms with Gasteiger partial charge in [0.15, 0.2) is 0 Å². The molecule has 0 atom stereocenters. The zero-order valence-electron chi connectivity index (χ0n) is 12.0. The number of hydrogen-bond acceptors (Lipinski definition) is 2. The lowest BCUT2D eigenvalue weighted by Crippen LogP contribution is -2.21. The second-order valence-corrected chi connectivity index (χ2v) is 5.61. The van der Waals surface area contributed by atoms with E-state index in [-0.39, 0.29) is 5.56 Å². The van der Waals surface area contributed by atoms with Gasteiger partial charge in [0.2, 0.25) is 0 Å². The third-order valence-corrected chi connectivity index (χ3v) is 4.34. The molecule has 0 fully saturated rings. The van der Waals surface area contributed by atoms with Crippen molar-refractivity contribution in [3.05, 3.63) is 75.6 Å². The first-order valence-electron chi connectivity index (χ1n) is 7.31. The minimum absolute atomic E-state index is 0.369. The number of pyridine rings is 1. The normalized spacial score (nSPS) is 11.8. The van der Waals surface area contributed by atoms with Gasteiger partial charge in [0.05, 0.1) is 21.9 Å². The molecule has 0 saturated heterocycles. The molecule has 3 heterocycles. The first-order valence-corrected chi connectivity index (χ1v) is 7.31. The molecule has 23 heavy (non-hydrogen) atoms. The molecule has 2 aromatic carbocycles. The summed E-state index contributed by atoms with van der Waals surface area (Å²) < 4.78 is 1.98. The molecule has 2 N–H and O–H groups in total. The van der Waals surface area contributed by atoms with Crippen molar-refractivity contribution in [2.24, 2.45) is 0 Å². The molecule has 5 nitrogen and oxygen atoms in total. The number of nitrogens with zero attached hydrogens (tertiary/aromatic N) is 1. The summed E-state index contributed by atoms with van der Waals surface area (Å²) in [6, 6.07) is 16.0. The van der Waals surface area contributed by atoms with E-state index in [0.29, 0.717) is 10.9 Å². The van der Waals surface area contributed by atoms with Crippen LogP contribution in [0.2, 0.25) is 0 Å². The molecule has 5 heteroatoms. The number of fused-ring (bicyclic) bond motifs is 8. The Balaban J connectivity index is 2.27. The van der Waals surface area contributed by atoms with Crippen molar-refractivity contribution in [2.45, 2.75) is 0 Å². The summed E-state index contributed by atoms with van der Waals surface area (Å²) in [6.45, 7) is 0. The molecule has 0 aliphatic rings. The molecule has 3 aromatic heterocycles. The summed E-state index contributed by atoms with van der Waals surface area (Å²) in [7, 11) is 0. The molecule has 0 amide bonds. The fourth-order valence-electron chi connectivity index (χ4n) is 3.44. The predicted molar refractivity (Wildman–Crippen MR) is 91.2 cm³/mol. The van der Waals surface area contributed by atoms with Gasteiger partial charge in [-0.2, -0.15) is 0 Å². The van der Waals surface area contributed by atoms with Crippen molar-refractivity contribution in [3.63, 3.8) is 0 Å². The second-order valence-electron chi connectivity index (χ2n) is 5.61. The Kier molecular flexibility index (Phi) is 2.18. The van der Waals surface area contributed by atoms with E-state index in [2.05, 4.69) is 22.1 Å². The van der Waals surface area contributed by atoms with Crippen molar-refractivity contribution in [1.29, 1.82) is 0 Å². The number of H-pyrrole nitrogens is 2. The smallest absolute Gasteiger partial charge is 0.313 e. The maximum Gasteiger partial charge on any atom is 0.326 e. The molecule has 110 valence electrons. The molecular formula is C18H11N3O2. The summed E-state index contributed by atoms with van der Waals surface area (Å²) in [5, 5.41) is 3.68. The summed E-state index contributed by atoms with van der Waals surface area (Å²) in [4.78, 5) is 29.0. The fraction of sp³-hybridized carbons (Fsp3) is 0. The van der Waals surface area contributed by atoms with Gasteiger partial charge in [-0.1, -0.05) is 42.5 Å². The van der Waals surface area contributed by atoms with Crippen LogP contribution in [0.4, 0.5) is 0 Å². The van der Waals surface area contributed by atoms with Crippen LogP contribution in [0.25, 0.3) is 38.1 Å². The van der Waals surface area contributed by atoms with Crippen LogP contribution >= 0.6 is 0 Å². The highest BCUT2D eigenvalue weighted by molar-refractivity contribution is 6.18. The Morgan fingerprint density at radius 1 is 0.783 bits per heavy atom. The van der Waals surface area contributed by atoms with Gasteiger partial charge in [0, 0.05) is 17.0 Å². The van der Waals surface area contributed by atoms with Crippen molar-refractivity contribution in [3.8, 4) is 0 Å². The molecule has 0 saturated carbocycles. The summed E-state index contributed by atoms with van der Waals surface area (Å²) in [5.41, 5.74) is 1.49. The van der Waals surface area contributed by atoms with Crippen molar-refractivity contribution in [1.82, 2.24) is 14.4 Å². The molecular weight excluding hydrogens is 290 g/mol. The average molecular weight is 301 g/mol. The molecule has 0 radical (unpaired) electrons. The van der Waals surface area contributed by atoms with Crippen LogP contribution in [0.5, 0.6) is 0 Å². The van der Waals surface area contributed by atoms with Crippen LogP contribution < -0.4 is 11.2 Å². The molecule has 5 aromatic rings. The maximum absolute atomic E-state index is 12.4.